The Hall–Kier alpha value is -1.92. The zero-order valence-corrected chi connectivity index (χ0v) is 17.5. The van der Waals surface area contributed by atoms with Crippen molar-refractivity contribution in [3.05, 3.63) is 29.3 Å². The van der Waals surface area contributed by atoms with Gasteiger partial charge in [0.25, 0.3) is 0 Å². The molecule has 1 saturated carbocycles. The molecule has 0 bridgehead atoms. The van der Waals surface area contributed by atoms with Crippen LogP contribution in [0, 0.1) is 13.8 Å². The van der Waals surface area contributed by atoms with E-state index in [1.807, 2.05) is 50.8 Å². The van der Waals surface area contributed by atoms with Crippen molar-refractivity contribution < 1.29 is 14.3 Å². The number of carbonyl (C=O) groups excluding carboxylic acids is 2. The number of para-hydroxylation sites is 1. The van der Waals surface area contributed by atoms with Crippen molar-refractivity contribution >= 4 is 17.5 Å². The van der Waals surface area contributed by atoms with E-state index < -0.39 is 0 Å². The predicted molar refractivity (Wildman–Crippen MR) is 110 cm³/mol. The predicted octanol–water partition coefficient (Wildman–Crippen LogP) is 2.73. The minimum absolute atomic E-state index is 0.00892. The normalized spacial score (nSPS) is 22.4. The average Bonchev–Trinajstić information content (AvgIpc) is 3.46. The molecule has 2 unspecified atom stereocenters. The lowest BCUT2D eigenvalue weighted by molar-refractivity contribution is -0.143. The topological polar surface area (TPSA) is 61.9 Å². The third-order valence-corrected chi connectivity index (χ3v) is 5.54. The SMILES string of the molecule is Cc1cccc(C)c1NC(=O)CN(CCC(=O)N1CC(C)OC(C)C1)C1CC1. The molecule has 2 atom stereocenters. The maximum atomic E-state index is 12.6. The van der Waals surface area contributed by atoms with Crippen LogP contribution in [0.25, 0.3) is 0 Å². The minimum atomic E-state index is -0.00892. The van der Waals surface area contributed by atoms with E-state index in [2.05, 4.69) is 10.2 Å². The minimum Gasteiger partial charge on any atom is -0.372 e. The van der Waals surface area contributed by atoms with Gasteiger partial charge in [0.1, 0.15) is 0 Å². The third-order valence-electron chi connectivity index (χ3n) is 5.54. The van der Waals surface area contributed by atoms with E-state index in [1.165, 1.54) is 0 Å². The second kappa shape index (κ2) is 9.05. The fourth-order valence-electron chi connectivity index (χ4n) is 3.98. The number of hydrogen-bond acceptors (Lipinski definition) is 4. The first kappa shape index (κ1) is 20.8. The van der Waals surface area contributed by atoms with Crippen LogP contribution in [0.15, 0.2) is 18.2 Å². The lowest BCUT2D eigenvalue weighted by Crippen LogP contribution is -2.49. The van der Waals surface area contributed by atoms with Gasteiger partial charge in [-0.3, -0.25) is 14.5 Å². The summed E-state index contributed by atoms with van der Waals surface area (Å²) >= 11 is 0. The molecule has 2 amide bonds. The van der Waals surface area contributed by atoms with E-state index >= 15 is 0 Å². The van der Waals surface area contributed by atoms with Crippen LogP contribution in [-0.4, -0.2) is 66.0 Å². The number of aryl methyl sites for hydroxylation is 2. The first-order valence-electron chi connectivity index (χ1n) is 10.4. The number of ether oxygens (including phenoxy) is 1. The summed E-state index contributed by atoms with van der Waals surface area (Å²) in [5, 5.41) is 3.06. The van der Waals surface area contributed by atoms with Gasteiger partial charge >= 0.3 is 0 Å². The molecule has 1 aliphatic heterocycles. The number of anilines is 1. The van der Waals surface area contributed by atoms with Gasteiger partial charge in [0.05, 0.1) is 18.8 Å². The van der Waals surface area contributed by atoms with Crippen LogP contribution in [0.3, 0.4) is 0 Å². The Labute approximate surface area is 168 Å². The number of rotatable bonds is 7. The summed E-state index contributed by atoms with van der Waals surface area (Å²) in [7, 11) is 0. The van der Waals surface area contributed by atoms with E-state index in [-0.39, 0.29) is 24.0 Å². The fourth-order valence-corrected chi connectivity index (χ4v) is 3.98. The van der Waals surface area contributed by atoms with Gasteiger partial charge in [0.2, 0.25) is 11.8 Å². The van der Waals surface area contributed by atoms with Gasteiger partial charge in [-0.25, -0.2) is 0 Å². The number of nitrogens with one attached hydrogen (secondary N) is 1. The molecule has 1 heterocycles. The Morgan fingerprint density at radius 1 is 1.14 bits per heavy atom. The van der Waals surface area contributed by atoms with Crippen molar-refractivity contribution in [3.63, 3.8) is 0 Å². The molecular formula is C22H33N3O3. The Morgan fingerprint density at radius 3 is 2.32 bits per heavy atom. The molecule has 6 nitrogen and oxygen atoms in total. The van der Waals surface area contributed by atoms with Gasteiger partial charge in [0.15, 0.2) is 0 Å². The average molecular weight is 388 g/mol. The number of nitrogens with zero attached hydrogens (tertiary/aromatic N) is 2. The van der Waals surface area contributed by atoms with Crippen LogP contribution in [0.5, 0.6) is 0 Å². The molecule has 28 heavy (non-hydrogen) atoms. The van der Waals surface area contributed by atoms with E-state index in [0.29, 0.717) is 38.6 Å². The zero-order chi connectivity index (χ0) is 20.3. The third kappa shape index (κ3) is 5.55. The molecule has 1 aromatic carbocycles. The molecule has 154 valence electrons. The summed E-state index contributed by atoms with van der Waals surface area (Å²) in [6.45, 7) is 10.3. The number of carbonyl (C=O) groups is 2. The van der Waals surface area contributed by atoms with Crippen molar-refractivity contribution in [2.75, 3.05) is 31.5 Å². The summed E-state index contributed by atoms with van der Waals surface area (Å²) < 4.78 is 5.71. The first-order valence-corrected chi connectivity index (χ1v) is 10.4. The van der Waals surface area contributed by atoms with Gasteiger partial charge < -0.3 is 15.0 Å². The molecule has 0 aromatic heterocycles. The first-order chi connectivity index (χ1) is 13.3. The van der Waals surface area contributed by atoms with Crippen LogP contribution in [0.4, 0.5) is 5.69 Å². The highest BCUT2D eigenvalue weighted by Gasteiger charge is 2.32. The van der Waals surface area contributed by atoms with Gasteiger partial charge in [-0.2, -0.15) is 0 Å². The summed E-state index contributed by atoms with van der Waals surface area (Å²) in [5.41, 5.74) is 3.03. The van der Waals surface area contributed by atoms with Crippen molar-refractivity contribution in [1.82, 2.24) is 9.80 Å². The van der Waals surface area contributed by atoms with E-state index in [1.54, 1.807) is 0 Å². The second-order valence-corrected chi connectivity index (χ2v) is 8.32. The summed E-state index contributed by atoms with van der Waals surface area (Å²) in [5.74, 6) is 0.146. The van der Waals surface area contributed by atoms with E-state index in [4.69, 9.17) is 4.74 Å². The maximum absolute atomic E-state index is 12.6. The highest BCUT2D eigenvalue weighted by Crippen LogP contribution is 2.27. The van der Waals surface area contributed by atoms with Crippen LogP contribution in [0.2, 0.25) is 0 Å². The summed E-state index contributed by atoms with van der Waals surface area (Å²) in [4.78, 5) is 29.3. The van der Waals surface area contributed by atoms with Gasteiger partial charge in [0, 0.05) is 37.8 Å². The summed E-state index contributed by atoms with van der Waals surface area (Å²) in [6, 6.07) is 6.43. The molecule has 2 aliphatic rings. The molecule has 1 aromatic rings. The molecule has 1 aliphatic carbocycles. The van der Waals surface area contributed by atoms with Gasteiger partial charge in [-0.1, -0.05) is 18.2 Å². The standard InChI is InChI=1S/C22H33N3O3/c1-15-6-5-7-16(2)22(15)23-20(26)14-24(19-8-9-19)11-10-21(27)25-12-17(3)28-18(4)13-25/h5-7,17-19H,8-14H2,1-4H3,(H,23,26). The molecular weight excluding hydrogens is 354 g/mol. The van der Waals surface area contributed by atoms with Crippen molar-refractivity contribution in [2.24, 2.45) is 0 Å². The van der Waals surface area contributed by atoms with E-state index in [0.717, 1.165) is 29.7 Å². The molecule has 1 saturated heterocycles. The monoisotopic (exact) mass is 387 g/mol. The van der Waals surface area contributed by atoms with Crippen molar-refractivity contribution in [1.29, 1.82) is 0 Å². The van der Waals surface area contributed by atoms with Crippen LogP contribution < -0.4 is 5.32 Å². The zero-order valence-electron chi connectivity index (χ0n) is 17.5. The Balaban J connectivity index is 1.52. The highest BCUT2D eigenvalue weighted by atomic mass is 16.5. The quantitative estimate of drug-likeness (QED) is 0.781. The Kier molecular flexibility index (Phi) is 6.73. The number of morpholine rings is 1. The lowest BCUT2D eigenvalue weighted by Gasteiger charge is -2.35. The fraction of sp³-hybridized carbons (Fsp3) is 0.636. The summed E-state index contributed by atoms with van der Waals surface area (Å²) in [6.07, 6.45) is 2.82. The number of benzene rings is 1. The van der Waals surface area contributed by atoms with Crippen LogP contribution in [-0.2, 0) is 14.3 Å². The molecule has 6 heteroatoms. The van der Waals surface area contributed by atoms with Gasteiger partial charge in [-0.15, -0.1) is 0 Å². The van der Waals surface area contributed by atoms with Crippen molar-refractivity contribution in [2.45, 2.75) is 65.2 Å². The lowest BCUT2D eigenvalue weighted by atomic mass is 10.1. The Bertz CT molecular complexity index is 687. The Morgan fingerprint density at radius 2 is 1.75 bits per heavy atom. The second-order valence-electron chi connectivity index (χ2n) is 8.32. The van der Waals surface area contributed by atoms with Crippen LogP contribution in [0.1, 0.15) is 44.2 Å². The molecule has 0 spiro atoms. The highest BCUT2D eigenvalue weighted by molar-refractivity contribution is 5.93. The van der Waals surface area contributed by atoms with E-state index in [9.17, 15) is 9.59 Å². The molecule has 1 N–H and O–H groups in total. The molecule has 3 rings (SSSR count). The number of amides is 2. The molecule has 0 radical (unpaired) electrons. The smallest absolute Gasteiger partial charge is 0.238 e. The maximum Gasteiger partial charge on any atom is 0.238 e. The number of hydrogen-bond donors (Lipinski definition) is 1. The largest absolute Gasteiger partial charge is 0.372 e. The van der Waals surface area contributed by atoms with Gasteiger partial charge in [-0.05, 0) is 51.7 Å². The van der Waals surface area contributed by atoms with Crippen molar-refractivity contribution in [3.8, 4) is 0 Å². The van der Waals surface area contributed by atoms with Crippen LogP contribution >= 0.6 is 0 Å². The molecule has 2 fully saturated rings.